The first-order valence-electron chi connectivity index (χ1n) is 13.6. The van der Waals surface area contributed by atoms with Gasteiger partial charge >= 0.3 is 6.03 Å². The lowest BCUT2D eigenvalue weighted by atomic mass is 9.62. The predicted octanol–water partition coefficient (Wildman–Crippen LogP) is 6.07. The number of rotatable bonds is 5. The molecule has 2 fully saturated rings. The molecule has 1 aliphatic heterocycles. The van der Waals surface area contributed by atoms with Crippen LogP contribution in [0.1, 0.15) is 76.3 Å². The molecule has 1 aliphatic carbocycles. The fourth-order valence-corrected chi connectivity index (χ4v) is 6.36. The highest BCUT2D eigenvalue weighted by molar-refractivity contribution is 6.31. The van der Waals surface area contributed by atoms with Crippen LogP contribution in [0.2, 0.25) is 10.0 Å². The lowest BCUT2D eigenvalue weighted by Gasteiger charge is -2.37. The van der Waals surface area contributed by atoms with Crippen LogP contribution in [-0.4, -0.2) is 30.1 Å². The number of nitriles is 1. The van der Waals surface area contributed by atoms with Crippen LogP contribution in [0.5, 0.6) is 0 Å². The molecule has 7 nitrogen and oxygen atoms in total. The minimum absolute atomic E-state index is 0.0225. The molecule has 0 aromatic heterocycles. The van der Waals surface area contributed by atoms with Crippen molar-refractivity contribution in [2.75, 3.05) is 0 Å². The molecule has 2 unspecified atom stereocenters. The van der Waals surface area contributed by atoms with E-state index in [1.165, 1.54) is 49.6 Å². The number of benzene rings is 2. The van der Waals surface area contributed by atoms with Crippen molar-refractivity contribution in [1.82, 2.24) is 10.6 Å². The predicted molar refractivity (Wildman–Crippen MR) is 156 cm³/mol. The SMILES string of the molecule is CC(C)(C)CC1N[C@@H](C(N)=O)C(c2cccc(Cl)c2F)[C@@]1(C#N)c1ccc(Cl)cc1F.NC(=O)NC1CCCCC1. The number of carbonyl (C=O) groups is 2. The number of nitrogens with one attached hydrogen (secondary N) is 2. The van der Waals surface area contributed by atoms with Gasteiger partial charge in [-0.3, -0.25) is 4.79 Å². The van der Waals surface area contributed by atoms with E-state index in [1.54, 1.807) is 0 Å². The second kappa shape index (κ2) is 13.4. The van der Waals surface area contributed by atoms with Gasteiger partial charge in [0.15, 0.2) is 0 Å². The minimum atomic E-state index is -1.65. The molecule has 2 aromatic carbocycles. The lowest BCUT2D eigenvalue weighted by molar-refractivity contribution is -0.120. The average molecular weight is 609 g/mol. The van der Waals surface area contributed by atoms with Gasteiger partial charge in [0.25, 0.3) is 0 Å². The third kappa shape index (κ3) is 7.48. The van der Waals surface area contributed by atoms with Crippen molar-refractivity contribution in [3.8, 4) is 6.07 Å². The molecule has 6 N–H and O–H groups in total. The van der Waals surface area contributed by atoms with E-state index in [1.807, 2.05) is 20.8 Å². The van der Waals surface area contributed by atoms with Gasteiger partial charge < -0.3 is 22.1 Å². The topological polar surface area (TPSA) is 134 Å². The zero-order chi connectivity index (χ0) is 30.5. The number of amides is 3. The van der Waals surface area contributed by atoms with Crippen LogP contribution >= 0.6 is 23.2 Å². The van der Waals surface area contributed by atoms with E-state index in [0.29, 0.717) is 12.5 Å². The number of nitrogens with two attached hydrogens (primary N) is 2. The normalized spacial score (nSPS) is 24.6. The Morgan fingerprint density at radius 2 is 1.78 bits per heavy atom. The zero-order valence-electron chi connectivity index (χ0n) is 23.4. The van der Waals surface area contributed by atoms with E-state index in [2.05, 4.69) is 16.7 Å². The van der Waals surface area contributed by atoms with Gasteiger partial charge in [0.2, 0.25) is 5.91 Å². The highest BCUT2D eigenvalue weighted by atomic mass is 35.5. The van der Waals surface area contributed by atoms with Crippen LogP contribution in [0.3, 0.4) is 0 Å². The Morgan fingerprint density at radius 3 is 2.32 bits per heavy atom. The van der Waals surface area contributed by atoms with Crippen molar-refractivity contribution in [1.29, 1.82) is 5.26 Å². The van der Waals surface area contributed by atoms with E-state index in [0.717, 1.165) is 18.9 Å². The van der Waals surface area contributed by atoms with Crippen molar-refractivity contribution in [3.05, 3.63) is 69.2 Å². The molecule has 4 atom stereocenters. The summed E-state index contributed by atoms with van der Waals surface area (Å²) in [7, 11) is 0. The summed E-state index contributed by atoms with van der Waals surface area (Å²) in [4.78, 5) is 22.8. The quantitative estimate of drug-likeness (QED) is 0.328. The summed E-state index contributed by atoms with van der Waals surface area (Å²) in [5.74, 6) is -3.37. The lowest BCUT2D eigenvalue weighted by Crippen LogP contribution is -2.45. The molecular weight excluding hydrogens is 571 g/mol. The second-order valence-electron chi connectivity index (χ2n) is 11.9. The van der Waals surface area contributed by atoms with Crippen LogP contribution < -0.4 is 22.1 Å². The molecule has 3 amide bonds. The Balaban J connectivity index is 0.000000389. The van der Waals surface area contributed by atoms with Crippen molar-refractivity contribution >= 4 is 35.1 Å². The highest BCUT2D eigenvalue weighted by Gasteiger charge is 2.60. The van der Waals surface area contributed by atoms with Crippen molar-refractivity contribution in [2.45, 2.75) is 88.8 Å². The zero-order valence-corrected chi connectivity index (χ0v) is 25.0. The van der Waals surface area contributed by atoms with Crippen LogP contribution in [-0.2, 0) is 10.2 Å². The smallest absolute Gasteiger partial charge is 0.312 e. The molecule has 41 heavy (non-hydrogen) atoms. The fourth-order valence-electron chi connectivity index (χ4n) is 6.02. The fraction of sp³-hybridized carbons (Fsp3) is 0.500. The third-order valence-corrected chi connectivity index (χ3v) is 8.23. The molecule has 0 bridgehead atoms. The van der Waals surface area contributed by atoms with Crippen LogP contribution in [0, 0.1) is 28.4 Å². The van der Waals surface area contributed by atoms with Gasteiger partial charge in [-0.2, -0.15) is 5.26 Å². The van der Waals surface area contributed by atoms with Gasteiger partial charge in [-0.05, 0) is 48.4 Å². The van der Waals surface area contributed by atoms with E-state index < -0.39 is 41.0 Å². The number of urea groups is 1. The molecule has 2 aliphatic rings. The largest absolute Gasteiger partial charge is 0.368 e. The first kappa shape index (κ1) is 32.6. The Morgan fingerprint density at radius 1 is 1.12 bits per heavy atom. The summed E-state index contributed by atoms with van der Waals surface area (Å²) in [6, 6.07) is 8.72. The van der Waals surface area contributed by atoms with Crippen molar-refractivity contribution in [3.63, 3.8) is 0 Å². The number of carbonyl (C=O) groups excluding carboxylic acids is 2. The van der Waals surface area contributed by atoms with Crippen LogP contribution in [0.15, 0.2) is 36.4 Å². The van der Waals surface area contributed by atoms with Gasteiger partial charge in [-0.25, -0.2) is 13.6 Å². The molecule has 2 aromatic rings. The Labute approximate surface area is 249 Å². The van der Waals surface area contributed by atoms with Gasteiger partial charge in [-0.1, -0.05) is 81.4 Å². The maximum absolute atomic E-state index is 15.2. The summed E-state index contributed by atoms with van der Waals surface area (Å²) in [5, 5.41) is 16.4. The first-order valence-corrected chi connectivity index (χ1v) is 14.4. The maximum Gasteiger partial charge on any atom is 0.312 e. The average Bonchev–Trinajstić information content (AvgIpc) is 3.19. The molecule has 0 spiro atoms. The van der Waals surface area contributed by atoms with Crippen molar-refractivity contribution in [2.24, 2.45) is 16.9 Å². The van der Waals surface area contributed by atoms with Gasteiger partial charge in [-0.15, -0.1) is 0 Å². The summed E-state index contributed by atoms with van der Waals surface area (Å²) >= 11 is 12.0. The van der Waals surface area contributed by atoms with Crippen LogP contribution in [0.25, 0.3) is 0 Å². The number of primary amides is 2. The Hall–Kier alpha value is -2.93. The molecule has 0 radical (unpaired) electrons. The van der Waals surface area contributed by atoms with Gasteiger partial charge in [0.1, 0.15) is 17.0 Å². The number of hydrogen-bond acceptors (Lipinski definition) is 4. The maximum atomic E-state index is 15.2. The highest BCUT2D eigenvalue weighted by Crippen LogP contribution is 2.52. The van der Waals surface area contributed by atoms with Crippen molar-refractivity contribution < 1.29 is 18.4 Å². The second-order valence-corrected chi connectivity index (χ2v) is 12.8. The van der Waals surface area contributed by atoms with Crippen LogP contribution in [0.4, 0.5) is 13.6 Å². The standard InChI is InChI=1S/C23H23Cl2F2N3O.C7H14N2O/c1-22(2,3)10-17-23(11-28,14-8-7-12(24)9-16(14)26)18(20(30-17)21(29)31)13-5-4-6-15(25)19(13)27;8-7(10)9-6-4-2-1-3-5-6/h4-9,17-18,20,30H,10H2,1-3H3,(H2,29,31);6H,1-5H2,(H3,8,9,10)/t17?,18?,20-,23+;/m1./s1. The Bertz CT molecular complexity index is 1310. The molecule has 4 rings (SSSR count). The van der Waals surface area contributed by atoms with Gasteiger partial charge in [0.05, 0.1) is 17.1 Å². The molecule has 1 saturated carbocycles. The van der Waals surface area contributed by atoms with E-state index >= 15 is 8.78 Å². The Kier molecular flexibility index (Phi) is 10.6. The molecule has 11 heteroatoms. The first-order chi connectivity index (χ1) is 19.2. The van der Waals surface area contributed by atoms with E-state index in [4.69, 9.17) is 34.7 Å². The molecule has 1 heterocycles. The monoisotopic (exact) mass is 607 g/mol. The number of nitrogens with zero attached hydrogens (tertiary/aromatic N) is 1. The van der Waals surface area contributed by atoms with E-state index in [9.17, 15) is 14.9 Å². The molecular formula is C30H37Cl2F2N5O2. The molecule has 1 saturated heterocycles. The number of hydrogen-bond donors (Lipinski definition) is 4. The number of halogens is 4. The summed E-state index contributed by atoms with van der Waals surface area (Å²) < 4.78 is 30.4. The minimum Gasteiger partial charge on any atom is -0.368 e. The summed E-state index contributed by atoms with van der Waals surface area (Å²) in [6.07, 6.45) is 6.35. The summed E-state index contributed by atoms with van der Waals surface area (Å²) in [6.45, 7) is 5.88. The van der Waals surface area contributed by atoms with Gasteiger partial charge in [0, 0.05) is 28.6 Å². The summed E-state index contributed by atoms with van der Waals surface area (Å²) in [5.41, 5.74) is 8.75. The third-order valence-electron chi connectivity index (χ3n) is 7.71. The van der Waals surface area contributed by atoms with E-state index in [-0.39, 0.29) is 32.6 Å². The molecule has 222 valence electrons.